The molecule has 0 unspecified atom stereocenters. The van der Waals surface area contributed by atoms with Crippen molar-refractivity contribution in [3.63, 3.8) is 0 Å². The number of aliphatic hydroxyl groups excluding tert-OH is 1. The summed E-state index contributed by atoms with van der Waals surface area (Å²) in [4.78, 5) is 0. The molecule has 0 radical (unpaired) electrons. The molecule has 0 amide bonds. The third kappa shape index (κ3) is 15.8. The van der Waals surface area contributed by atoms with Crippen LogP contribution in [0, 0.1) is 0 Å². The van der Waals surface area contributed by atoms with E-state index in [0.29, 0.717) is 0 Å². The van der Waals surface area contributed by atoms with Crippen LogP contribution in [-0.4, -0.2) is 75.6 Å². The highest BCUT2D eigenvalue weighted by Gasteiger charge is 2.21. The Morgan fingerprint density at radius 2 is 1.00 bits per heavy atom. The fourth-order valence-corrected chi connectivity index (χ4v) is 1.32. The van der Waals surface area contributed by atoms with Crippen molar-refractivity contribution in [1.29, 1.82) is 0 Å². The lowest BCUT2D eigenvalue weighted by Gasteiger charge is -2.31. The Morgan fingerprint density at radius 3 is 1.14 bits per heavy atom. The Morgan fingerprint density at radius 1 is 0.786 bits per heavy atom. The molecule has 0 aromatic heterocycles. The van der Waals surface area contributed by atoms with Crippen LogP contribution in [0.15, 0.2) is 0 Å². The van der Waals surface area contributed by atoms with Crippen LogP contribution in [0.1, 0.15) is 0 Å². The van der Waals surface area contributed by atoms with Gasteiger partial charge in [-0.05, 0) is 0 Å². The average Bonchev–Trinajstić information content (AvgIpc) is 1.49. The summed E-state index contributed by atoms with van der Waals surface area (Å²) in [5, 5.41) is 9.69. The summed E-state index contributed by atoms with van der Waals surface area (Å²) >= 11 is 0. The molecule has 0 spiro atoms. The van der Waals surface area contributed by atoms with Gasteiger partial charge in [0.15, 0.2) is 6.10 Å². The maximum atomic E-state index is 9.69. The van der Waals surface area contributed by atoms with E-state index >= 15 is 0 Å². The van der Waals surface area contributed by atoms with Crippen LogP contribution >= 0.6 is 0 Å². The SMILES string of the molecule is C[N+](C)(C)CC(O)C[N+](C)(C)C.[I-].[I-]. The molecule has 5 heteroatoms. The molecule has 0 saturated carbocycles. The maximum Gasteiger partial charge on any atom is 0.152 e. The quantitative estimate of drug-likeness (QED) is 0.348. The van der Waals surface area contributed by atoms with Gasteiger partial charge in [0.1, 0.15) is 13.1 Å². The number of hydrogen-bond acceptors (Lipinski definition) is 1. The molecule has 0 aliphatic rings. The van der Waals surface area contributed by atoms with Crippen molar-refractivity contribution in [2.45, 2.75) is 6.10 Å². The summed E-state index contributed by atoms with van der Waals surface area (Å²) in [5.41, 5.74) is 0. The molecule has 0 aliphatic heterocycles. The third-order valence-electron chi connectivity index (χ3n) is 1.52. The normalized spacial score (nSPS) is 12.0. The Balaban J connectivity index is -0.000000605. The number of rotatable bonds is 4. The van der Waals surface area contributed by atoms with Gasteiger partial charge >= 0.3 is 0 Å². The zero-order chi connectivity index (χ0) is 9.99. The molecule has 14 heavy (non-hydrogen) atoms. The van der Waals surface area contributed by atoms with Gasteiger partial charge in [-0.15, -0.1) is 0 Å². The average molecular weight is 430 g/mol. The predicted octanol–water partition coefficient (Wildman–Crippen LogP) is -6.23. The van der Waals surface area contributed by atoms with Gasteiger partial charge in [-0.2, -0.15) is 0 Å². The minimum Gasteiger partial charge on any atom is -1.00 e. The van der Waals surface area contributed by atoms with Crippen molar-refractivity contribution >= 4 is 0 Å². The van der Waals surface area contributed by atoms with E-state index in [1.807, 2.05) is 0 Å². The summed E-state index contributed by atoms with van der Waals surface area (Å²) in [6.07, 6.45) is -0.204. The van der Waals surface area contributed by atoms with Crippen LogP contribution < -0.4 is 48.0 Å². The molecule has 0 fully saturated rings. The van der Waals surface area contributed by atoms with Gasteiger partial charge in [0, 0.05) is 0 Å². The van der Waals surface area contributed by atoms with E-state index < -0.39 is 0 Å². The van der Waals surface area contributed by atoms with E-state index in [2.05, 4.69) is 42.3 Å². The highest BCUT2D eigenvalue weighted by Crippen LogP contribution is 1.99. The molecule has 0 atom stereocenters. The van der Waals surface area contributed by atoms with Crippen LogP contribution in [0.3, 0.4) is 0 Å². The number of quaternary nitrogens is 2. The molecule has 0 aromatic carbocycles. The lowest BCUT2D eigenvalue weighted by atomic mass is 10.3. The minimum absolute atomic E-state index is 0. The molecule has 0 bridgehead atoms. The molecular weight excluding hydrogens is 406 g/mol. The number of aliphatic hydroxyl groups is 1. The molecule has 1 N–H and O–H groups in total. The van der Waals surface area contributed by atoms with Crippen LogP contribution in [0.25, 0.3) is 0 Å². The molecule has 0 heterocycles. The molecule has 0 aromatic rings. The van der Waals surface area contributed by atoms with Gasteiger partial charge in [0.05, 0.1) is 42.3 Å². The Labute approximate surface area is 123 Å². The van der Waals surface area contributed by atoms with Crippen molar-refractivity contribution in [3.05, 3.63) is 0 Å². The molecule has 0 aliphatic carbocycles. The predicted molar refractivity (Wildman–Crippen MR) is 51.8 cm³/mol. The highest BCUT2D eigenvalue weighted by molar-refractivity contribution is 4.50. The first kappa shape index (κ1) is 20.7. The second-order valence-corrected chi connectivity index (χ2v) is 5.60. The second-order valence-electron chi connectivity index (χ2n) is 5.60. The topological polar surface area (TPSA) is 20.2 Å². The van der Waals surface area contributed by atoms with Crippen LogP contribution in [0.5, 0.6) is 0 Å². The molecular formula is C9H24I2N2O. The molecule has 90 valence electrons. The van der Waals surface area contributed by atoms with Gasteiger partial charge in [-0.1, -0.05) is 0 Å². The van der Waals surface area contributed by atoms with Gasteiger partial charge in [0.25, 0.3) is 0 Å². The summed E-state index contributed by atoms with van der Waals surface area (Å²) < 4.78 is 1.64. The van der Waals surface area contributed by atoms with E-state index in [-0.39, 0.29) is 54.1 Å². The maximum absolute atomic E-state index is 9.69. The number of nitrogens with zero attached hydrogens (tertiary/aromatic N) is 2. The van der Waals surface area contributed by atoms with Crippen molar-refractivity contribution in [1.82, 2.24) is 0 Å². The first-order valence-electron chi connectivity index (χ1n) is 4.39. The molecule has 3 nitrogen and oxygen atoms in total. The number of halogens is 2. The number of likely N-dealkylation sites (N-methyl/N-ethyl adjacent to an activating group) is 2. The van der Waals surface area contributed by atoms with Crippen molar-refractivity contribution in [3.8, 4) is 0 Å². The van der Waals surface area contributed by atoms with Crippen molar-refractivity contribution in [2.75, 3.05) is 55.4 Å². The van der Waals surface area contributed by atoms with Gasteiger partial charge in [-0.3, -0.25) is 0 Å². The van der Waals surface area contributed by atoms with Crippen molar-refractivity contribution < 1.29 is 62.0 Å². The first-order valence-corrected chi connectivity index (χ1v) is 4.39. The van der Waals surface area contributed by atoms with Crippen molar-refractivity contribution in [2.24, 2.45) is 0 Å². The van der Waals surface area contributed by atoms with Crippen LogP contribution in [-0.2, 0) is 0 Å². The van der Waals surface area contributed by atoms with Gasteiger partial charge in [0.2, 0.25) is 0 Å². The molecule has 0 rings (SSSR count). The van der Waals surface area contributed by atoms with Gasteiger partial charge < -0.3 is 62.0 Å². The monoisotopic (exact) mass is 430 g/mol. The Hall–Kier alpha value is 1.34. The van der Waals surface area contributed by atoms with Crippen LogP contribution in [0.2, 0.25) is 0 Å². The van der Waals surface area contributed by atoms with E-state index in [4.69, 9.17) is 0 Å². The van der Waals surface area contributed by atoms with Crippen LogP contribution in [0.4, 0.5) is 0 Å². The fourth-order valence-electron chi connectivity index (χ4n) is 1.32. The Bertz CT molecular complexity index is 125. The first-order chi connectivity index (χ1) is 5.10. The van der Waals surface area contributed by atoms with E-state index in [1.54, 1.807) is 0 Å². The standard InChI is InChI=1S/C9H24N2O.2HI/c1-10(2,3)7-9(12)8-11(4,5)6;;/h9,12H,7-8H2,1-6H3;2*1H/q+2;;/p-2. The van der Waals surface area contributed by atoms with E-state index in [0.717, 1.165) is 22.1 Å². The molecule has 0 saturated heterocycles. The lowest BCUT2D eigenvalue weighted by molar-refractivity contribution is -0.895. The summed E-state index contributed by atoms with van der Waals surface area (Å²) in [6, 6.07) is 0. The summed E-state index contributed by atoms with van der Waals surface area (Å²) in [5.74, 6) is 0. The summed E-state index contributed by atoms with van der Waals surface area (Å²) in [7, 11) is 12.6. The Kier molecular flexibility index (Phi) is 11.2. The van der Waals surface area contributed by atoms with E-state index in [1.165, 1.54) is 0 Å². The smallest absolute Gasteiger partial charge is 0.152 e. The number of hydrogen-bond donors (Lipinski definition) is 1. The largest absolute Gasteiger partial charge is 1.00 e. The zero-order valence-corrected chi connectivity index (χ0v) is 14.4. The zero-order valence-electron chi connectivity index (χ0n) is 10.1. The summed E-state index contributed by atoms with van der Waals surface area (Å²) in [6.45, 7) is 1.63. The van der Waals surface area contributed by atoms with E-state index in [9.17, 15) is 5.11 Å². The lowest BCUT2D eigenvalue weighted by Crippen LogP contribution is -3.00. The minimum atomic E-state index is -0.204. The third-order valence-corrected chi connectivity index (χ3v) is 1.52. The second kappa shape index (κ2) is 7.59. The highest BCUT2D eigenvalue weighted by atomic mass is 127. The fraction of sp³-hybridized carbons (Fsp3) is 1.00. The van der Waals surface area contributed by atoms with Gasteiger partial charge in [-0.25, -0.2) is 0 Å².